The highest BCUT2D eigenvalue weighted by Gasteiger charge is 2.21. The third kappa shape index (κ3) is 2.22. The number of rotatable bonds is 5. The van der Waals surface area contributed by atoms with Crippen LogP contribution in [0.1, 0.15) is 13.8 Å². The van der Waals surface area contributed by atoms with E-state index in [2.05, 4.69) is 5.43 Å². The van der Waals surface area contributed by atoms with Gasteiger partial charge in [0.15, 0.2) is 0 Å². The summed E-state index contributed by atoms with van der Waals surface area (Å²) in [4.78, 5) is 12.5. The highest BCUT2D eigenvalue weighted by molar-refractivity contribution is 5.76. The van der Waals surface area contributed by atoms with E-state index in [-0.39, 0.29) is 5.69 Å². The lowest BCUT2D eigenvalue weighted by atomic mass is 10.2. The summed E-state index contributed by atoms with van der Waals surface area (Å²) >= 11 is 0. The standard InChI is InChI=1S/C10H16N4O2/c1-3-13(4-2)9-7-5-6-8(12-11)10(9)14(15)16/h5-7,12H,3-4,11H2,1-2H3. The number of nitrogens with one attached hydrogen (secondary N) is 1. The van der Waals surface area contributed by atoms with Crippen LogP contribution in [0.4, 0.5) is 17.1 Å². The van der Waals surface area contributed by atoms with Crippen LogP contribution in [0.15, 0.2) is 18.2 Å². The monoisotopic (exact) mass is 224 g/mol. The van der Waals surface area contributed by atoms with Gasteiger partial charge in [0.05, 0.1) is 4.92 Å². The fourth-order valence-corrected chi connectivity index (χ4v) is 1.66. The minimum Gasteiger partial charge on any atom is -0.366 e. The Morgan fingerprint density at radius 1 is 1.44 bits per heavy atom. The van der Waals surface area contributed by atoms with Crippen molar-refractivity contribution in [3.63, 3.8) is 0 Å². The molecular formula is C10H16N4O2. The summed E-state index contributed by atoms with van der Waals surface area (Å²) in [5, 5.41) is 11.0. The molecule has 16 heavy (non-hydrogen) atoms. The van der Waals surface area contributed by atoms with Gasteiger partial charge in [0.1, 0.15) is 11.4 Å². The van der Waals surface area contributed by atoms with Gasteiger partial charge in [0, 0.05) is 13.1 Å². The van der Waals surface area contributed by atoms with Crippen LogP contribution in [0.3, 0.4) is 0 Å². The topological polar surface area (TPSA) is 84.4 Å². The molecule has 0 fully saturated rings. The number of para-hydroxylation sites is 1. The molecule has 1 aromatic rings. The Bertz CT molecular complexity index is 377. The van der Waals surface area contributed by atoms with Crippen LogP contribution >= 0.6 is 0 Å². The van der Waals surface area contributed by atoms with E-state index in [0.29, 0.717) is 24.5 Å². The molecule has 0 radical (unpaired) electrons. The van der Waals surface area contributed by atoms with E-state index in [0.717, 1.165) is 0 Å². The average molecular weight is 224 g/mol. The molecule has 0 saturated carbocycles. The zero-order chi connectivity index (χ0) is 12.1. The number of benzene rings is 1. The normalized spacial score (nSPS) is 9.94. The van der Waals surface area contributed by atoms with Crippen molar-refractivity contribution < 1.29 is 4.92 Å². The first kappa shape index (κ1) is 12.3. The van der Waals surface area contributed by atoms with Gasteiger partial charge < -0.3 is 10.3 Å². The summed E-state index contributed by atoms with van der Waals surface area (Å²) in [7, 11) is 0. The van der Waals surface area contributed by atoms with Gasteiger partial charge in [-0.3, -0.25) is 16.0 Å². The van der Waals surface area contributed by atoms with Crippen LogP contribution in [0.5, 0.6) is 0 Å². The molecular weight excluding hydrogens is 208 g/mol. The predicted octanol–water partition coefficient (Wildman–Crippen LogP) is 1.73. The van der Waals surface area contributed by atoms with Crippen LogP contribution < -0.4 is 16.2 Å². The van der Waals surface area contributed by atoms with Crippen molar-refractivity contribution in [3.8, 4) is 0 Å². The van der Waals surface area contributed by atoms with Crippen molar-refractivity contribution in [2.45, 2.75) is 13.8 Å². The number of nitrogens with two attached hydrogens (primary N) is 1. The molecule has 0 aliphatic rings. The Morgan fingerprint density at radius 2 is 2.06 bits per heavy atom. The van der Waals surface area contributed by atoms with Gasteiger partial charge in [-0.15, -0.1) is 0 Å². The van der Waals surface area contributed by atoms with Crippen molar-refractivity contribution >= 4 is 17.1 Å². The molecule has 0 aliphatic heterocycles. The second-order valence-electron chi connectivity index (χ2n) is 3.25. The molecule has 6 nitrogen and oxygen atoms in total. The molecule has 1 aromatic carbocycles. The van der Waals surface area contributed by atoms with Gasteiger partial charge in [-0.05, 0) is 26.0 Å². The maximum atomic E-state index is 11.0. The molecule has 0 bridgehead atoms. The molecule has 6 heteroatoms. The number of nitrogen functional groups attached to an aromatic ring is 1. The van der Waals surface area contributed by atoms with Crippen LogP contribution in [-0.4, -0.2) is 18.0 Å². The molecule has 0 amide bonds. The first-order valence-electron chi connectivity index (χ1n) is 5.14. The lowest BCUT2D eigenvalue weighted by Gasteiger charge is -2.21. The second-order valence-corrected chi connectivity index (χ2v) is 3.25. The largest absolute Gasteiger partial charge is 0.366 e. The summed E-state index contributed by atoms with van der Waals surface area (Å²) in [6.07, 6.45) is 0. The Labute approximate surface area is 94.2 Å². The number of hydrazine groups is 1. The summed E-state index contributed by atoms with van der Waals surface area (Å²) < 4.78 is 0. The third-order valence-corrected chi connectivity index (χ3v) is 2.46. The first-order chi connectivity index (χ1) is 7.65. The Morgan fingerprint density at radius 3 is 2.50 bits per heavy atom. The summed E-state index contributed by atoms with van der Waals surface area (Å²) in [5.74, 6) is 5.27. The third-order valence-electron chi connectivity index (χ3n) is 2.46. The van der Waals surface area contributed by atoms with Crippen molar-refractivity contribution in [2.75, 3.05) is 23.4 Å². The lowest BCUT2D eigenvalue weighted by molar-refractivity contribution is -0.383. The van der Waals surface area contributed by atoms with Gasteiger partial charge in [0.2, 0.25) is 0 Å². The zero-order valence-corrected chi connectivity index (χ0v) is 9.43. The van der Waals surface area contributed by atoms with Gasteiger partial charge in [-0.1, -0.05) is 6.07 Å². The van der Waals surface area contributed by atoms with E-state index in [1.54, 1.807) is 18.2 Å². The molecule has 0 heterocycles. The lowest BCUT2D eigenvalue weighted by Crippen LogP contribution is -2.23. The van der Waals surface area contributed by atoms with Crippen molar-refractivity contribution in [3.05, 3.63) is 28.3 Å². The van der Waals surface area contributed by atoms with Crippen molar-refractivity contribution in [1.29, 1.82) is 0 Å². The van der Waals surface area contributed by atoms with Crippen LogP contribution in [0, 0.1) is 10.1 Å². The molecule has 0 spiro atoms. The quantitative estimate of drug-likeness (QED) is 0.452. The van der Waals surface area contributed by atoms with Crippen LogP contribution in [0.25, 0.3) is 0 Å². The first-order valence-corrected chi connectivity index (χ1v) is 5.14. The van der Waals surface area contributed by atoms with Gasteiger partial charge in [-0.2, -0.15) is 0 Å². The van der Waals surface area contributed by atoms with Crippen LogP contribution in [0.2, 0.25) is 0 Å². The molecule has 0 atom stereocenters. The number of nitro benzene ring substituents is 1. The molecule has 0 unspecified atom stereocenters. The molecule has 0 aliphatic carbocycles. The second kappa shape index (κ2) is 5.32. The minimum atomic E-state index is -0.414. The van der Waals surface area contributed by atoms with E-state index >= 15 is 0 Å². The maximum absolute atomic E-state index is 11.0. The van der Waals surface area contributed by atoms with E-state index < -0.39 is 4.92 Å². The summed E-state index contributed by atoms with van der Waals surface area (Å²) in [6.45, 7) is 5.34. The fraction of sp³-hybridized carbons (Fsp3) is 0.400. The predicted molar refractivity (Wildman–Crippen MR) is 64.5 cm³/mol. The molecule has 88 valence electrons. The van der Waals surface area contributed by atoms with Gasteiger partial charge >= 0.3 is 5.69 Å². The van der Waals surface area contributed by atoms with Crippen molar-refractivity contribution in [2.24, 2.45) is 5.84 Å². The van der Waals surface area contributed by atoms with E-state index in [1.165, 1.54) is 0 Å². The number of hydrogen-bond donors (Lipinski definition) is 2. The smallest absolute Gasteiger partial charge is 0.316 e. The minimum absolute atomic E-state index is 0.0219. The van der Waals surface area contributed by atoms with Gasteiger partial charge in [-0.25, -0.2) is 0 Å². The molecule has 0 aromatic heterocycles. The summed E-state index contributed by atoms with van der Waals surface area (Å²) in [5.41, 5.74) is 3.29. The Hall–Kier alpha value is -1.82. The fourth-order valence-electron chi connectivity index (χ4n) is 1.66. The zero-order valence-electron chi connectivity index (χ0n) is 9.43. The molecule has 1 rings (SSSR count). The van der Waals surface area contributed by atoms with E-state index in [1.807, 2.05) is 18.7 Å². The highest BCUT2D eigenvalue weighted by Crippen LogP contribution is 2.34. The SMILES string of the molecule is CCN(CC)c1cccc(NN)c1[N+](=O)[O-]. The van der Waals surface area contributed by atoms with E-state index in [9.17, 15) is 10.1 Å². The summed E-state index contributed by atoms with van der Waals surface area (Å²) in [6, 6.07) is 5.06. The molecule has 0 saturated heterocycles. The number of nitrogens with zero attached hydrogens (tertiary/aromatic N) is 2. The Kier molecular flexibility index (Phi) is 4.07. The van der Waals surface area contributed by atoms with Crippen molar-refractivity contribution in [1.82, 2.24) is 0 Å². The number of nitro groups is 1. The molecule has 3 N–H and O–H groups in total. The van der Waals surface area contributed by atoms with E-state index in [4.69, 9.17) is 5.84 Å². The number of hydrogen-bond acceptors (Lipinski definition) is 5. The maximum Gasteiger partial charge on any atom is 0.316 e. The highest BCUT2D eigenvalue weighted by atomic mass is 16.6. The number of anilines is 2. The average Bonchev–Trinajstić information content (AvgIpc) is 2.30. The van der Waals surface area contributed by atoms with Gasteiger partial charge in [0.25, 0.3) is 0 Å². The van der Waals surface area contributed by atoms with Crippen LogP contribution in [-0.2, 0) is 0 Å². The Balaban J connectivity index is 3.31.